The number of unbranched alkanes of at least 4 members (excludes halogenated alkanes) is 2. The van der Waals surface area contributed by atoms with E-state index in [2.05, 4.69) is 0 Å². The van der Waals surface area contributed by atoms with Crippen LogP contribution in [0.1, 0.15) is 46.0 Å². The molecule has 0 saturated heterocycles. The molecule has 0 rings (SSSR count). The molecule has 0 aromatic rings. The Morgan fingerprint density at radius 2 is 2.00 bits per heavy atom. The molecule has 0 saturated carbocycles. The molecule has 0 heterocycles. The summed E-state index contributed by atoms with van der Waals surface area (Å²) in [5, 5.41) is 8.96. The van der Waals surface area contributed by atoms with Gasteiger partial charge in [0.15, 0.2) is 0 Å². The lowest BCUT2D eigenvalue weighted by Crippen LogP contribution is -2.26. The molecule has 0 aromatic heterocycles. The molecule has 3 nitrogen and oxygen atoms in total. The molecular weight excluding hydrogens is 166 g/mol. The molecule has 0 radical (unpaired) electrons. The smallest absolute Gasteiger partial charge is 0.309 e. The van der Waals surface area contributed by atoms with E-state index in [0.29, 0.717) is 13.0 Å². The molecule has 0 fully saturated rings. The molecule has 0 aliphatic carbocycles. The highest BCUT2D eigenvalue weighted by atomic mass is 16.4. The highest BCUT2D eigenvalue weighted by Gasteiger charge is 2.29. The molecule has 0 amide bonds. The molecule has 3 heteroatoms. The number of hydrogen-bond acceptors (Lipinski definition) is 2. The predicted octanol–water partition coefficient (Wildman–Crippen LogP) is 2.01. The summed E-state index contributed by atoms with van der Waals surface area (Å²) in [6.07, 6.45) is 4.47. The molecule has 1 unspecified atom stereocenters. The van der Waals surface area contributed by atoms with Gasteiger partial charge in [0.2, 0.25) is 0 Å². The van der Waals surface area contributed by atoms with E-state index in [4.69, 9.17) is 10.8 Å². The number of hydrogen-bond donors (Lipinski definition) is 2. The Labute approximate surface area is 80.3 Å². The standard InChI is InChI=1S/C10H21NO2/c1-3-10(2,9(12)13)7-5-4-6-8-11/h3-8,11H2,1-2H3,(H,12,13). The maximum Gasteiger partial charge on any atom is 0.309 e. The van der Waals surface area contributed by atoms with Crippen molar-refractivity contribution in [3.63, 3.8) is 0 Å². The lowest BCUT2D eigenvalue weighted by Gasteiger charge is -2.22. The summed E-state index contributed by atoms with van der Waals surface area (Å²) >= 11 is 0. The highest BCUT2D eigenvalue weighted by Crippen LogP contribution is 2.28. The third kappa shape index (κ3) is 4.27. The fraction of sp³-hybridized carbons (Fsp3) is 0.900. The number of carbonyl (C=O) groups is 1. The van der Waals surface area contributed by atoms with Crippen molar-refractivity contribution in [1.29, 1.82) is 0 Å². The largest absolute Gasteiger partial charge is 0.481 e. The van der Waals surface area contributed by atoms with Gasteiger partial charge >= 0.3 is 5.97 Å². The molecule has 78 valence electrons. The van der Waals surface area contributed by atoms with Gasteiger partial charge in [0, 0.05) is 0 Å². The maximum atomic E-state index is 10.9. The number of nitrogens with two attached hydrogens (primary N) is 1. The van der Waals surface area contributed by atoms with Gasteiger partial charge in [-0.3, -0.25) is 4.79 Å². The van der Waals surface area contributed by atoms with Crippen LogP contribution in [0.25, 0.3) is 0 Å². The van der Waals surface area contributed by atoms with Gasteiger partial charge < -0.3 is 10.8 Å². The van der Waals surface area contributed by atoms with Crippen molar-refractivity contribution >= 4 is 5.97 Å². The zero-order valence-electron chi connectivity index (χ0n) is 8.68. The van der Waals surface area contributed by atoms with E-state index in [1.54, 1.807) is 0 Å². The molecule has 0 spiro atoms. The lowest BCUT2D eigenvalue weighted by molar-refractivity contribution is -0.148. The number of aliphatic carboxylic acids is 1. The molecule has 0 aliphatic rings. The van der Waals surface area contributed by atoms with Gasteiger partial charge in [0.05, 0.1) is 5.41 Å². The van der Waals surface area contributed by atoms with Crippen molar-refractivity contribution < 1.29 is 9.90 Å². The zero-order chi connectivity index (χ0) is 10.3. The fourth-order valence-corrected chi connectivity index (χ4v) is 1.27. The first-order valence-corrected chi connectivity index (χ1v) is 5.00. The maximum absolute atomic E-state index is 10.9. The Kier molecular flexibility index (Phi) is 5.71. The minimum Gasteiger partial charge on any atom is -0.481 e. The van der Waals surface area contributed by atoms with Crippen molar-refractivity contribution in [3.05, 3.63) is 0 Å². The quantitative estimate of drug-likeness (QED) is 0.599. The number of rotatable bonds is 7. The van der Waals surface area contributed by atoms with E-state index in [1.165, 1.54) is 0 Å². The summed E-state index contributed by atoms with van der Waals surface area (Å²) in [6, 6.07) is 0. The van der Waals surface area contributed by atoms with E-state index >= 15 is 0 Å². The molecule has 0 bridgehead atoms. The molecule has 13 heavy (non-hydrogen) atoms. The first-order valence-electron chi connectivity index (χ1n) is 5.00. The minimum absolute atomic E-state index is 0.533. The van der Waals surface area contributed by atoms with E-state index in [-0.39, 0.29) is 0 Å². The summed E-state index contributed by atoms with van der Waals surface area (Å²) in [4.78, 5) is 10.9. The average Bonchev–Trinajstić information content (AvgIpc) is 2.12. The number of carboxylic acids is 1. The van der Waals surface area contributed by atoms with Crippen molar-refractivity contribution in [2.45, 2.75) is 46.0 Å². The highest BCUT2D eigenvalue weighted by molar-refractivity contribution is 5.73. The van der Waals surface area contributed by atoms with Crippen LogP contribution >= 0.6 is 0 Å². The Bertz CT molecular complexity index is 159. The summed E-state index contributed by atoms with van der Waals surface area (Å²) in [6.45, 7) is 4.45. The Balaban J connectivity index is 3.78. The van der Waals surface area contributed by atoms with E-state index in [0.717, 1.165) is 25.7 Å². The fourth-order valence-electron chi connectivity index (χ4n) is 1.27. The van der Waals surface area contributed by atoms with Crippen LogP contribution in [-0.2, 0) is 4.79 Å². The summed E-state index contributed by atoms with van der Waals surface area (Å²) in [5.74, 6) is -0.678. The van der Waals surface area contributed by atoms with Crippen LogP contribution in [0.3, 0.4) is 0 Å². The first kappa shape index (κ1) is 12.4. The Morgan fingerprint density at radius 1 is 1.38 bits per heavy atom. The van der Waals surface area contributed by atoms with Gasteiger partial charge in [0.25, 0.3) is 0 Å². The van der Waals surface area contributed by atoms with Crippen molar-refractivity contribution in [3.8, 4) is 0 Å². The van der Waals surface area contributed by atoms with Crippen LogP contribution in [0.2, 0.25) is 0 Å². The van der Waals surface area contributed by atoms with E-state index in [1.807, 2.05) is 13.8 Å². The lowest BCUT2D eigenvalue weighted by atomic mass is 9.82. The molecule has 0 aliphatic heterocycles. The van der Waals surface area contributed by atoms with Crippen LogP contribution in [-0.4, -0.2) is 17.6 Å². The third-order valence-electron chi connectivity index (χ3n) is 2.73. The molecule has 0 aromatic carbocycles. The summed E-state index contributed by atoms with van der Waals surface area (Å²) in [7, 11) is 0. The van der Waals surface area contributed by atoms with Crippen LogP contribution in [0.4, 0.5) is 0 Å². The van der Waals surface area contributed by atoms with Crippen LogP contribution < -0.4 is 5.73 Å². The Hall–Kier alpha value is -0.570. The third-order valence-corrected chi connectivity index (χ3v) is 2.73. The Morgan fingerprint density at radius 3 is 2.38 bits per heavy atom. The van der Waals surface area contributed by atoms with Gasteiger partial charge in [0.1, 0.15) is 0 Å². The SMILES string of the molecule is CCC(C)(CCCCCN)C(=O)O. The second kappa shape index (κ2) is 5.97. The topological polar surface area (TPSA) is 63.3 Å². The first-order chi connectivity index (χ1) is 6.06. The van der Waals surface area contributed by atoms with Gasteiger partial charge in [-0.2, -0.15) is 0 Å². The summed E-state index contributed by atoms with van der Waals surface area (Å²) < 4.78 is 0. The van der Waals surface area contributed by atoms with Gasteiger partial charge in [-0.1, -0.05) is 19.8 Å². The van der Waals surface area contributed by atoms with Crippen LogP contribution in [0.5, 0.6) is 0 Å². The molecule has 3 N–H and O–H groups in total. The van der Waals surface area contributed by atoms with Gasteiger partial charge in [-0.15, -0.1) is 0 Å². The van der Waals surface area contributed by atoms with Crippen molar-refractivity contribution in [2.75, 3.05) is 6.54 Å². The summed E-state index contributed by atoms with van der Waals surface area (Å²) in [5.41, 5.74) is 4.82. The minimum atomic E-state index is -0.678. The van der Waals surface area contributed by atoms with Crippen LogP contribution in [0, 0.1) is 5.41 Å². The van der Waals surface area contributed by atoms with Gasteiger partial charge in [-0.05, 0) is 32.7 Å². The van der Waals surface area contributed by atoms with E-state index in [9.17, 15) is 4.79 Å². The average molecular weight is 187 g/mol. The monoisotopic (exact) mass is 187 g/mol. The second-order valence-corrected chi connectivity index (χ2v) is 3.82. The zero-order valence-corrected chi connectivity index (χ0v) is 8.68. The normalized spacial score (nSPS) is 15.3. The van der Waals surface area contributed by atoms with Crippen LogP contribution in [0.15, 0.2) is 0 Å². The molecular formula is C10H21NO2. The van der Waals surface area contributed by atoms with Crippen molar-refractivity contribution in [2.24, 2.45) is 11.1 Å². The van der Waals surface area contributed by atoms with Crippen molar-refractivity contribution in [1.82, 2.24) is 0 Å². The molecule has 1 atom stereocenters. The van der Waals surface area contributed by atoms with E-state index < -0.39 is 11.4 Å². The number of carboxylic acid groups (broad SMARTS) is 1. The predicted molar refractivity (Wildman–Crippen MR) is 53.6 cm³/mol. The van der Waals surface area contributed by atoms with Gasteiger partial charge in [-0.25, -0.2) is 0 Å². The second-order valence-electron chi connectivity index (χ2n) is 3.82.